The van der Waals surface area contributed by atoms with E-state index in [-0.39, 0.29) is 28.3 Å². The van der Waals surface area contributed by atoms with Crippen molar-refractivity contribution >= 4 is 27.4 Å². The molecule has 3 aromatic carbocycles. The summed E-state index contributed by atoms with van der Waals surface area (Å²) in [6, 6.07) is 17.8. The molecule has 3 atom stereocenters. The minimum absolute atomic E-state index is 0.00544. The Morgan fingerprint density at radius 2 is 1.82 bits per heavy atom. The summed E-state index contributed by atoms with van der Waals surface area (Å²) in [7, 11) is -3.75. The number of aromatic carboxylic acids is 1. The molecule has 0 spiro atoms. The SMILES string of the molecule is Cc1cccc(NS(=O)(=O)c2ccc3c(c2)C2C=CCC2C(c2ccc(C(=O)O)cc2)N3)c1C. The molecular weight excluding hydrogens is 448 g/mol. The molecular formula is C27H26N2O4S. The number of anilines is 2. The van der Waals surface area contributed by atoms with Crippen LogP contribution in [0.3, 0.4) is 0 Å². The smallest absolute Gasteiger partial charge is 0.335 e. The molecule has 3 N–H and O–H groups in total. The largest absolute Gasteiger partial charge is 0.478 e. The predicted molar refractivity (Wildman–Crippen MR) is 133 cm³/mol. The first kappa shape index (κ1) is 22.2. The number of sulfonamides is 1. The van der Waals surface area contributed by atoms with Crippen molar-refractivity contribution in [3.8, 4) is 0 Å². The maximum Gasteiger partial charge on any atom is 0.335 e. The second-order valence-electron chi connectivity index (χ2n) is 9.00. The number of hydrogen-bond donors (Lipinski definition) is 3. The number of nitrogens with one attached hydrogen (secondary N) is 2. The van der Waals surface area contributed by atoms with Gasteiger partial charge in [-0.2, -0.15) is 0 Å². The maximum atomic E-state index is 13.2. The van der Waals surface area contributed by atoms with Crippen LogP contribution in [-0.4, -0.2) is 19.5 Å². The number of carboxylic acid groups (broad SMARTS) is 1. The van der Waals surface area contributed by atoms with Crippen LogP contribution in [0.1, 0.15) is 51.0 Å². The molecule has 0 aromatic heterocycles. The van der Waals surface area contributed by atoms with Gasteiger partial charge >= 0.3 is 5.97 Å². The molecule has 34 heavy (non-hydrogen) atoms. The van der Waals surface area contributed by atoms with Gasteiger partial charge in [-0.05, 0) is 84.8 Å². The van der Waals surface area contributed by atoms with Gasteiger partial charge in [0.05, 0.1) is 22.2 Å². The van der Waals surface area contributed by atoms with Crippen LogP contribution in [0.4, 0.5) is 11.4 Å². The molecule has 1 aliphatic carbocycles. The Morgan fingerprint density at radius 1 is 1.06 bits per heavy atom. The van der Waals surface area contributed by atoms with Gasteiger partial charge in [0.25, 0.3) is 10.0 Å². The first-order valence-corrected chi connectivity index (χ1v) is 12.7. The van der Waals surface area contributed by atoms with Crippen LogP contribution in [0.5, 0.6) is 0 Å². The van der Waals surface area contributed by atoms with Crippen molar-refractivity contribution in [1.29, 1.82) is 0 Å². The summed E-state index contributed by atoms with van der Waals surface area (Å²) in [5.74, 6) is -0.651. The number of carboxylic acids is 1. The Morgan fingerprint density at radius 3 is 2.56 bits per heavy atom. The monoisotopic (exact) mass is 474 g/mol. The van der Waals surface area contributed by atoms with Gasteiger partial charge < -0.3 is 10.4 Å². The average Bonchev–Trinajstić information content (AvgIpc) is 3.31. The predicted octanol–water partition coefficient (Wildman–Crippen LogP) is 5.63. The van der Waals surface area contributed by atoms with Gasteiger partial charge in [0.1, 0.15) is 0 Å². The van der Waals surface area contributed by atoms with E-state index < -0.39 is 16.0 Å². The van der Waals surface area contributed by atoms with Crippen molar-refractivity contribution in [2.75, 3.05) is 10.0 Å². The van der Waals surface area contributed by atoms with Crippen LogP contribution in [0.25, 0.3) is 0 Å². The van der Waals surface area contributed by atoms with E-state index >= 15 is 0 Å². The lowest BCUT2D eigenvalue weighted by atomic mass is 9.77. The summed E-state index contributed by atoms with van der Waals surface area (Å²) >= 11 is 0. The van der Waals surface area contributed by atoms with E-state index in [2.05, 4.69) is 22.2 Å². The van der Waals surface area contributed by atoms with Gasteiger partial charge in [-0.15, -0.1) is 0 Å². The van der Waals surface area contributed by atoms with E-state index in [1.807, 2.05) is 44.2 Å². The third kappa shape index (κ3) is 3.86. The number of rotatable bonds is 5. The zero-order valence-corrected chi connectivity index (χ0v) is 19.8. The third-order valence-electron chi connectivity index (χ3n) is 7.01. The Balaban J connectivity index is 1.47. The van der Waals surface area contributed by atoms with E-state index in [0.29, 0.717) is 5.69 Å². The zero-order valence-electron chi connectivity index (χ0n) is 18.9. The Bertz CT molecular complexity index is 1410. The van der Waals surface area contributed by atoms with Gasteiger partial charge in [0, 0.05) is 11.6 Å². The van der Waals surface area contributed by atoms with E-state index in [1.54, 1.807) is 30.3 Å². The lowest BCUT2D eigenvalue weighted by molar-refractivity contribution is 0.0697. The molecule has 1 heterocycles. The minimum Gasteiger partial charge on any atom is -0.478 e. The van der Waals surface area contributed by atoms with Gasteiger partial charge in [-0.3, -0.25) is 4.72 Å². The number of allylic oxidation sites excluding steroid dienone is 2. The minimum atomic E-state index is -3.75. The molecule has 0 saturated heterocycles. The van der Waals surface area contributed by atoms with Crippen molar-refractivity contribution in [2.24, 2.45) is 5.92 Å². The molecule has 0 bridgehead atoms. The molecule has 0 radical (unpaired) electrons. The van der Waals surface area contributed by atoms with Crippen molar-refractivity contribution in [2.45, 2.75) is 37.1 Å². The van der Waals surface area contributed by atoms with Crippen LogP contribution < -0.4 is 10.0 Å². The highest BCUT2D eigenvalue weighted by molar-refractivity contribution is 7.92. The number of benzene rings is 3. The number of carbonyl (C=O) groups is 1. The highest BCUT2D eigenvalue weighted by atomic mass is 32.2. The standard InChI is InChI=1S/C27H26N2O4S/c1-16-5-3-8-24(17(16)2)29-34(32,33)20-13-14-25-23(15-20)21-6-4-7-22(21)26(28-25)18-9-11-19(12-10-18)27(30)31/h3-6,8-15,21-22,26,28-29H,7H2,1-2H3,(H,30,31). The first-order chi connectivity index (χ1) is 16.2. The number of hydrogen-bond acceptors (Lipinski definition) is 4. The van der Waals surface area contributed by atoms with Crippen LogP contribution in [-0.2, 0) is 10.0 Å². The Kier molecular flexibility index (Phi) is 5.44. The molecule has 0 fully saturated rings. The second-order valence-corrected chi connectivity index (χ2v) is 10.7. The molecule has 3 aromatic rings. The fraction of sp³-hybridized carbons (Fsp3) is 0.222. The molecule has 174 valence electrons. The van der Waals surface area contributed by atoms with E-state index in [4.69, 9.17) is 0 Å². The highest BCUT2D eigenvalue weighted by Crippen LogP contribution is 2.50. The summed E-state index contributed by atoms with van der Waals surface area (Å²) < 4.78 is 29.2. The third-order valence-corrected chi connectivity index (χ3v) is 8.37. The van der Waals surface area contributed by atoms with Crippen LogP contribution >= 0.6 is 0 Å². The number of aryl methyl sites for hydroxylation is 1. The lowest BCUT2D eigenvalue weighted by Gasteiger charge is -2.37. The van der Waals surface area contributed by atoms with Crippen LogP contribution in [0.15, 0.2) is 77.7 Å². The van der Waals surface area contributed by atoms with Crippen molar-refractivity contribution < 1.29 is 18.3 Å². The van der Waals surface area contributed by atoms with Crippen LogP contribution in [0.2, 0.25) is 0 Å². The Hall–Kier alpha value is -3.58. The quantitative estimate of drug-likeness (QED) is 0.417. The van der Waals surface area contributed by atoms with E-state index in [9.17, 15) is 18.3 Å². The normalized spacial score (nSPS) is 20.8. The van der Waals surface area contributed by atoms with Crippen molar-refractivity contribution in [3.63, 3.8) is 0 Å². The van der Waals surface area contributed by atoms with Crippen molar-refractivity contribution in [1.82, 2.24) is 0 Å². The van der Waals surface area contributed by atoms with Gasteiger partial charge in [0.2, 0.25) is 0 Å². The first-order valence-electron chi connectivity index (χ1n) is 11.2. The zero-order chi connectivity index (χ0) is 24.0. The van der Waals surface area contributed by atoms with Gasteiger partial charge in [-0.1, -0.05) is 36.4 Å². The highest BCUT2D eigenvalue weighted by Gasteiger charge is 2.38. The lowest BCUT2D eigenvalue weighted by Crippen LogP contribution is -2.29. The summed E-state index contributed by atoms with van der Waals surface area (Å²) in [6.45, 7) is 3.86. The summed E-state index contributed by atoms with van der Waals surface area (Å²) in [5, 5.41) is 12.8. The molecule has 7 heteroatoms. The van der Waals surface area contributed by atoms with Crippen LogP contribution in [0, 0.1) is 19.8 Å². The van der Waals surface area contributed by atoms with Gasteiger partial charge in [0.15, 0.2) is 0 Å². The fourth-order valence-electron chi connectivity index (χ4n) is 4.97. The second kappa shape index (κ2) is 8.33. The topological polar surface area (TPSA) is 95.5 Å². The summed E-state index contributed by atoms with van der Waals surface area (Å²) in [6.07, 6.45) is 5.15. The molecule has 0 amide bonds. The molecule has 0 saturated carbocycles. The van der Waals surface area contributed by atoms with E-state index in [1.165, 1.54) is 0 Å². The molecule has 6 nitrogen and oxygen atoms in total. The average molecular weight is 475 g/mol. The Labute approximate surface area is 199 Å². The van der Waals surface area contributed by atoms with E-state index in [0.717, 1.165) is 34.4 Å². The summed E-state index contributed by atoms with van der Waals surface area (Å²) in [5.41, 5.74) is 5.64. The number of fused-ring (bicyclic) bond motifs is 3. The fourth-order valence-corrected chi connectivity index (χ4v) is 6.13. The molecule has 1 aliphatic heterocycles. The molecule has 3 unspecified atom stereocenters. The maximum absolute atomic E-state index is 13.2. The molecule has 2 aliphatic rings. The van der Waals surface area contributed by atoms with Crippen molar-refractivity contribution in [3.05, 3.63) is 101 Å². The van der Waals surface area contributed by atoms with Gasteiger partial charge in [-0.25, -0.2) is 13.2 Å². The summed E-state index contributed by atoms with van der Waals surface area (Å²) in [4.78, 5) is 11.5. The molecule has 5 rings (SSSR count).